The molecule has 1 heterocycles. The van der Waals surface area contributed by atoms with Crippen molar-refractivity contribution >= 4 is 33.7 Å². The van der Waals surface area contributed by atoms with Gasteiger partial charge in [-0.2, -0.15) is 0 Å². The predicted molar refractivity (Wildman–Crippen MR) is 64.7 cm³/mol. The maximum absolute atomic E-state index is 11.0. The molecule has 1 rings (SSSR count). The third kappa shape index (κ3) is 5.18. The van der Waals surface area contributed by atoms with Crippen molar-refractivity contribution in [3.63, 3.8) is 0 Å². The first-order valence-electron chi connectivity index (χ1n) is 4.55. The van der Waals surface area contributed by atoms with E-state index in [-0.39, 0.29) is 5.97 Å². The molecule has 0 bridgehead atoms. The second kappa shape index (κ2) is 6.85. The van der Waals surface area contributed by atoms with E-state index in [0.717, 1.165) is 15.8 Å². The van der Waals surface area contributed by atoms with Gasteiger partial charge in [-0.25, -0.2) is 0 Å². The van der Waals surface area contributed by atoms with Crippen LogP contribution in [0, 0.1) is 0 Å². The summed E-state index contributed by atoms with van der Waals surface area (Å²) >= 11 is 4.87. The standard InChI is InChI=1S/C10H12BrNO2S/c1-2-14-10(13)7-15-6-8-3-9(11)5-12-4-8/h3-5H,2,6-7H2,1H3. The Hall–Kier alpha value is -0.550. The number of halogens is 1. The van der Waals surface area contributed by atoms with E-state index in [2.05, 4.69) is 20.9 Å². The molecule has 0 N–H and O–H groups in total. The summed E-state index contributed by atoms with van der Waals surface area (Å²) in [6, 6.07) is 1.99. The first kappa shape index (κ1) is 12.5. The monoisotopic (exact) mass is 289 g/mol. The van der Waals surface area contributed by atoms with Gasteiger partial charge >= 0.3 is 5.97 Å². The highest BCUT2D eigenvalue weighted by Crippen LogP contribution is 2.15. The number of hydrogen-bond donors (Lipinski definition) is 0. The number of ether oxygens (including phenoxy) is 1. The number of thioether (sulfide) groups is 1. The summed E-state index contributed by atoms with van der Waals surface area (Å²) in [6.07, 6.45) is 3.53. The average Bonchev–Trinajstić information content (AvgIpc) is 2.18. The van der Waals surface area contributed by atoms with Gasteiger partial charge in [-0.15, -0.1) is 11.8 Å². The largest absolute Gasteiger partial charge is 0.465 e. The van der Waals surface area contributed by atoms with Crippen molar-refractivity contribution in [2.45, 2.75) is 12.7 Å². The summed E-state index contributed by atoms with van der Waals surface area (Å²) in [6.45, 7) is 2.25. The van der Waals surface area contributed by atoms with Crippen molar-refractivity contribution in [1.29, 1.82) is 0 Å². The fraction of sp³-hybridized carbons (Fsp3) is 0.400. The van der Waals surface area contributed by atoms with E-state index >= 15 is 0 Å². The molecular weight excluding hydrogens is 278 g/mol. The summed E-state index contributed by atoms with van der Waals surface area (Å²) in [4.78, 5) is 15.1. The smallest absolute Gasteiger partial charge is 0.315 e. The lowest BCUT2D eigenvalue weighted by Crippen LogP contribution is -2.06. The lowest BCUT2D eigenvalue weighted by Gasteiger charge is -2.02. The second-order valence-electron chi connectivity index (χ2n) is 2.81. The summed E-state index contributed by atoms with van der Waals surface area (Å²) in [5, 5.41) is 0. The summed E-state index contributed by atoms with van der Waals surface area (Å²) < 4.78 is 5.77. The van der Waals surface area contributed by atoms with Crippen molar-refractivity contribution in [2.75, 3.05) is 12.4 Å². The van der Waals surface area contributed by atoms with Gasteiger partial charge in [0.25, 0.3) is 0 Å². The highest BCUT2D eigenvalue weighted by Gasteiger charge is 2.02. The minimum atomic E-state index is -0.162. The molecule has 15 heavy (non-hydrogen) atoms. The molecule has 0 aliphatic carbocycles. The predicted octanol–water partition coefficient (Wildman–Crippen LogP) is 2.64. The number of carbonyl (C=O) groups is 1. The van der Waals surface area contributed by atoms with Crippen LogP contribution in [0.2, 0.25) is 0 Å². The molecule has 1 aromatic heterocycles. The summed E-state index contributed by atoms with van der Waals surface area (Å²) in [5.74, 6) is 0.997. The summed E-state index contributed by atoms with van der Waals surface area (Å²) in [5.41, 5.74) is 1.10. The molecule has 0 saturated carbocycles. The molecule has 0 radical (unpaired) electrons. The Morgan fingerprint density at radius 3 is 3.07 bits per heavy atom. The third-order valence-corrected chi connectivity index (χ3v) is 2.97. The van der Waals surface area contributed by atoms with Crippen LogP contribution in [0.3, 0.4) is 0 Å². The molecule has 0 unspecified atom stereocenters. The number of rotatable bonds is 5. The first-order valence-corrected chi connectivity index (χ1v) is 6.50. The van der Waals surface area contributed by atoms with Crippen LogP contribution in [-0.2, 0) is 15.3 Å². The Balaban J connectivity index is 2.28. The van der Waals surface area contributed by atoms with Gasteiger partial charge in [-0.3, -0.25) is 9.78 Å². The zero-order valence-corrected chi connectivity index (χ0v) is 10.8. The third-order valence-electron chi connectivity index (χ3n) is 1.56. The summed E-state index contributed by atoms with van der Waals surface area (Å²) in [7, 11) is 0. The highest BCUT2D eigenvalue weighted by molar-refractivity contribution is 9.10. The first-order chi connectivity index (χ1) is 7.22. The quantitative estimate of drug-likeness (QED) is 0.782. The van der Waals surface area contributed by atoms with Crippen molar-refractivity contribution in [3.8, 4) is 0 Å². The maximum atomic E-state index is 11.0. The topological polar surface area (TPSA) is 39.2 Å². The van der Waals surface area contributed by atoms with Gasteiger partial charge < -0.3 is 4.74 Å². The zero-order valence-electron chi connectivity index (χ0n) is 8.40. The minimum Gasteiger partial charge on any atom is -0.465 e. The molecule has 0 fully saturated rings. The van der Waals surface area contributed by atoms with Crippen LogP contribution < -0.4 is 0 Å². The SMILES string of the molecule is CCOC(=O)CSCc1cncc(Br)c1. The molecule has 3 nitrogen and oxygen atoms in total. The molecule has 1 aromatic rings. The Labute approximate surface area is 102 Å². The van der Waals surface area contributed by atoms with Crippen LogP contribution in [0.5, 0.6) is 0 Å². The van der Waals surface area contributed by atoms with Gasteiger partial charge in [-0.1, -0.05) is 0 Å². The number of esters is 1. The molecule has 5 heteroatoms. The minimum absolute atomic E-state index is 0.162. The van der Waals surface area contributed by atoms with Crippen LogP contribution in [0.1, 0.15) is 12.5 Å². The lowest BCUT2D eigenvalue weighted by atomic mass is 10.3. The molecule has 0 aliphatic heterocycles. The molecule has 0 saturated heterocycles. The molecule has 82 valence electrons. The van der Waals surface area contributed by atoms with Crippen LogP contribution in [-0.4, -0.2) is 23.3 Å². The van der Waals surface area contributed by atoms with Crippen molar-refractivity contribution in [1.82, 2.24) is 4.98 Å². The Bertz CT molecular complexity index is 333. The van der Waals surface area contributed by atoms with Crippen molar-refractivity contribution < 1.29 is 9.53 Å². The number of nitrogens with zero attached hydrogens (tertiary/aromatic N) is 1. The van der Waals surface area contributed by atoms with E-state index in [9.17, 15) is 4.79 Å². The van der Waals surface area contributed by atoms with Gasteiger partial charge in [0.05, 0.1) is 12.4 Å². The van der Waals surface area contributed by atoms with Crippen LogP contribution in [0.4, 0.5) is 0 Å². The maximum Gasteiger partial charge on any atom is 0.315 e. The van der Waals surface area contributed by atoms with E-state index in [4.69, 9.17) is 4.74 Å². The number of pyridine rings is 1. The van der Waals surface area contributed by atoms with Gasteiger partial charge in [0.2, 0.25) is 0 Å². The molecular formula is C10H12BrNO2S. The molecule has 0 amide bonds. The normalized spacial score (nSPS) is 10.0. The average molecular weight is 290 g/mol. The van der Waals surface area contributed by atoms with Crippen LogP contribution in [0.25, 0.3) is 0 Å². The fourth-order valence-corrected chi connectivity index (χ4v) is 2.15. The van der Waals surface area contributed by atoms with Crippen LogP contribution in [0.15, 0.2) is 22.9 Å². The highest BCUT2D eigenvalue weighted by atomic mass is 79.9. The van der Waals surface area contributed by atoms with Crippen molar-refractivity contribution in [2.24, 2.45) is 0 Å². The van der Waals surface area contributed by atoms with E-state index in [1.54, 1.807) is 19.3 Å². The second-order valence-corrected chi connectivity index (χ2v) is 4.71. The number of carbonyl (C=O) groups excluding carboxylic acids is 1. The van der Waals surface area contributed by atoms with Gasteiger partial charge in [-0.05, 0) is 34.5 Å². The van der Waals surface area contributed by atoms with E-state index in [1.165, 1.54) is 11.8 Å². The Morgan fingerprint density at radius 2 is 2.40 bits per heavy atom. The molecule has 0 aliphatic rings. The zero-order chi connectivity index (χ0) is 11.1. The fourth-order valence-electron chi connectivity index (χ4n) is 0.990. The Morgan fingerprint density at radius 1 is 1.60 bits per heavy atom. The van der Waals surface area contributed by atoms with E-state index in [0.29, 0.717) is 12.4 Å². The molecule has 0 atom stereocenters. The number of hydrogen-bond acceptors (Lipinski definition) is 4. The Kier molecular flexibility index (Phi) is 5.71. The molecule has 0 aromatic carbocycles. The lowest BCUT2D eigenvalue weighted by molar-refractivity contribution is -0.139. The van der Waals surface area contributed by atoms with E-state index in [1.807, 2.05) is 6.07 Å². The van der Waals surface area contributed by atoms with Crippen LogP contribution >= 0.6 is 27.7 Å². The number of aromatic nitrogens is 1. The molecule has 0 spiro atoms. The van der Waals surface area contributed by atoms with Gasteiger partial charge in [0.15, 0.2) is 0 Å². The van der Waals surface area contributed by atoms with E-state index < -0.39 is 0 Å². The van der Waals surface area contributed by atoms with Gasteiger partial charge in [0.1, 0.15) is 0 Å². The van der Waals surface area contributed by atoms with Gasteiger partial charge in [0, 0.05) is 22.6 Å². The van der Waals surface area contributed by atoms with Crippen molar-refractivity contribution in [3.05, 3.63) is 28.5 Å².